The SMILES string of the molecule is C[C@H](N)C(=O)N[C@H](C)C(=O)NC(=O)CC(C(=O)O)S(C)(=O)=O. The molecular weight excluding hydrogens is 318 g/mol. The second-order valence-electron chi connectivity index (χ2n) is 4.79. The number of nitrogens with one attached hydrogen (secondary N) is 2. The zero-order valence-corrected chi connectivity index (χ0v) is 13.1. The molecule has 10 nitrogen and oxygen atoms in total. The first-order valence-electron chi connectivity index (χ1n) is 6.17. The van der Waals surface area contributed by atoms with Crippen LogP contribution in [0.2, 0.25) is 0 Å². The molecule has 3 atom stereocenters. The molecule has 11 heteroatoms. The Morgan fingerprint density at radius 1 is 1.14 bits per heavy atom. The summed E-state index contributed by atoms with van der Waals surface area (Å²) in [4.78, 5) is 45.3. The first-order chi connectivity index (χ1) is 9.86. The molecule has 0 aromatic heterocycles. The van der Waals surface area contributed by atoms with Crippen molar-refractivity contribution in [1.29, 1.82) is 0 Å². The maximum atomic E-state index is 11.6. The molecule has 1 unspecified atom stereocenters. The highest BCUT2D eigenvalue weighted by atomic mass is 32.2. The molecule has 3 amide bonds. The molecule has 0 radical (unpaired) electrons. The third kappa shape index (κ3) is 6.63. The lowest BCUT2D eigenvalue weighted by Crippen LogP contribution is -2.51. The van der Waals surface area contributed by atoms with Crippen LogP contribution in [0, 0.1) is 0 Å². The van der Waals surface area contributed by atoms with Crippen LogP contribution in [0.4, 0.5) is 0 Å². The summed E-state index contributed by atoms with van der Waals surface area (Å²) in [6, 6.07) is -1.95. The Kier molecular flexibility index (Phi) is 7.13. The van der Waals surface area contributed by atoms with Gasteiger partial charge >= 0.3 is 5.97 Å². The van der Waals surface area contributed by atoms with Gasteiger partial charge in [-0.1, -0.05) is 0 Å². The molecule has 0 aliphatic heterocycles. The Hall–Kier alpha value is -2.01. The van der Waals surface area contributed by atoms with Crippen molar-refractivity contribution in [3.8, 4) is 0 Å². The number of hydrogen-bond acceptors (Lipinski definition) is 7. The Bertz CT molecular complexity index is 570. The highest BCUT2D eigenvalue weighted by Crippen LogP contribution is 2.05. The molecule has 0 spiro atoms. The summed E-state index contributed by atoms with van der Waals surface area (Å²) in [7, 11) is -4.00. The van der Waals surface area contributed by atoms with E-state index >= 15 is 0 Å². The molecule has 0 aromatic carbocycles. The lowest BCUT2D eigenvalue weighted by Gasteiger charge is -2.15. The molecule has 5 N–H and O–H groups in total. The minimum atomic E-state index is -4.00. The van der Waals surface area contributed by atoms with Crippen LogP contribution in [-0.2, 0) is 29.0 Å². The quantitative estimate of drug-likeness (QED) is 0.390. The maximum Gasteiger partial charge on any atom is 0.322 e. The van der Waals surface area contributed by atoms with Gasteiger partial charge in [-0.05, 0) is 13.8 Å². The fourth-order valence-corrected chi connectivity index (χ4v) is 2.12. The van der Waals surface area contributed by atoms with E-state index in [9.17, 15) is 27.6 Å². The van der Waals surface area contributed by atoms with Crippen molar-refractivity contribution >= 4 is 33.5 Å². The third-order valence-corrected chi connectivity index (χ3v) is 3.99. The highest BCUT2D eigenvalue weighted by Gasteiger charge is 2.32. The lowest BCUT2D eigenvalue weighted by molar-refractivity contribution is -0.139. The van der Waals surface area contributed by atoms with E-state index in [1.165, 1.54) is 13.8 Å². The van der Waals surface area contributed by atoms with Crippen LogP contribution in [0.1, 0.15) is 20.3 Å². The molecular formula is C11H19N3O7S. The average molecular weight is 337 g/mol. The van der Waals surface area contributed by atoms with Crippen LogP contribution in [0.5, 0.6) is 0 Å². The Labute approximate surface area is 127 Å². The molecule has 0 heterocycles. The van der Waals surface area contributed by atoms with Gasteiger partial charge in [-0.2, -0.15) is 0 Å². The summed E-state index contributed by atoms with van der Waals surface area (Å²) in [5, 5.41) is 10.9. The van der Waals surface area contributed by atoms with Gasteiger partial charge in [0.15, 0.2) is 15.1 Å². The van der Waals surface area contributed by atoms with E-state index in [1.54, 1.807) is 0 Å². The van der Waals surface area contributed by atoms with Crippen molar-refractivity contribution < 1.29 is 32.7 Å². The van der Waals surface area contributed by atoms with Crippen molar-refractivity contribution in [1.82, 2.24) is 10.6 Å². The number of carbonyl (C=O) groups is 4. The lowest BCUT2D eigenvalue weighted by atomic mass is 10.2. The smallest absolute Gasteiger partial charge is 0.322 e. The Morgan fingerprint density at radius 2 is 1.64 bits per heavy atom. The number of imide groups is 1. The minimum absolute atomic E-state index is 0.616. The fourth-order valence-electron chi connectivity index (χ4n) is 1.30. The van der Waals surface area contributed by atoms with E-state index in [4.69, 9.17) is 10.8 Å². The number of amides is 3. The maximum absolute atomic E-state index is 11.6. The minimum Gasteiger partial charge on any atom is -0.480 e. The number of carboxylic acids is 1. The van der Waals surface area contributed by atoms with Crippen molar-refractivity contribution in [2.45, 2.75) is 37.6 Å². The molecule has 0 rings (SSSR count). The second kappa shape index (κ2) is 7.84. The van der Waals surface area contributed by atoms with Gasteiger partial charge in [0.2, 0.25) is 17.7 Å². The number of aliphatic carboxylic acids is 1. The van der Waals surface area contributed by atoms with Crippen LogP contribution in [0.3, 0.4) is 0 Å². The first-order valence-corrected chi connectivity index (χ1v) is 8.13. The highest BCUT2D eigenvalue weighted by molar-refractivity contribution is 7.92. The number of carboxylic acid groups (broad SMARTS) is 1. The normalized spacial score (nSPS) is 15.3. The molecule has 0 aromatic rings. The van der Waals surface area contributed by atoms with Crippen molar-refractivity contribution in [3.63, 3.8) is 0 Å². The zero-order chi connectivity index (χ0) is 17.7. The number of nitrogens with two attached hydrogens (primary N) is 1. The molecule has 0 saturated carbocycles. The monoisotopic (exact) mass is 337 g/mol. The molecule has 0 bridgehead atoms. The first kappa shape index (κ1) is 20.0. The summed E-state index contributed by atoms with van der Waals surface area (Å²) < 4.78 is 22.5. The second-order valence-corrected chi connectivity index (χ2v) is 7.02. The van der Waals surface area contributed by atoms with E-state index < -0.39 is 57.3 Å². The molecule has 126 valence electrons. The summed E-state index contributed by atoms with van der Waals surface area (Å²) in [5.41, 5.74) is 5.29. The van der Waals surface area contributed by atoms with E-state index in [1.807, 2.05) is 5.32 Å². The molecule has 0 saturated heterocycles. The van der Waals surface area contributed by atoms with Gasteiger partial charge in [-0.3, -0.25) is 24.5 Å². The predicted octanol–water partition coefficient (Wildman–Crippen LogP) is -2.63. The number of carbonyl (C=O) groups excluding carboxylic acids is 3. The topological polar surface area (TPSA) is 173 Å². The Morgan fingerprint density at radius 3 is 2.00 bits per heavy atom. The van der Waals surface area contributed by atoms with Gasteiger partial charge < -0.3 is 16.2 Å². The fraction of sp³-hybridized carbons (Fsp3) is 0.636. The molecule has 22 heavy (non-hydrogen) atoms. The van der Waals surface area contributed by atoms with E-state index in [2.05, 4.69) is 5.32 Å². The van der Waals surface area contributed by atoms with Crippen LogP contribution in [0.15, 0.2) is 0 Å². The van der Waals surface area contributed by atoms with E-state index in [0.29, 0.717) is 6.26 Å². The number of sulfone groups is 1. The third-order valence-electron chi connectivity index (χ3n) is 2.59. The van der Waals surface area contributed by atoms with Crippen LogP contribution in [-0.4, -0.2) is 60.8 Å². The van der Waals surface area contributed by atoms with Crippen molar-refractivity contribution in [2.75, 3.05) is 6.26 Å². The van der Waals surface area contributed by atoms with Gasteiger partial charge in [0.25, 0.3) is 0 Å². The van der Waals surface area contributed by atoms with E-state index in [0.717, 1.165) is 0 Å². The largest absolute Gasteiger partial charge is 0.480 e. The van der Waals surface area contributed by atoms with Crippen LogP contribution >= 0.6 is 0 Å². The molecule has 0 aliphatic carbocycles. The summed E-state index contributed by atoms with van der Waals surface area (Å²) in [6.45, 7) is 2.68. The van der Waals surface area contributed by atoms with Gasteiger partial charge in [0, 0.05) is 6.26 Å². The van der Waals surface area contributed by atoms with Gasteiger partial charge in [-0.15, -0.1) is 0 Å². The van der Waals surface area contributed by atoms with Gasteiger partial charge in [0.1, 0.15) is 6.04 Å². The van der Waals surface area contributed by atoms with Crippen molar-refractivity contribution in [3.05, 3.63) is 0 Å². The van der Waals surface area contributed by atoms with Crippen LogP contribution in [0.25, 0.3) is 0 Å². The average Bonchev–Trinajstić information content (AvgIpc) is 2.33. The summed E-state index contributed by atoms with van der Waals surface area (Å²) in [5.74, 6) is -4.29. The van der Waals surface area contributed by atoms with Gasteiger partial charge in [-0.25, -0.2) is 8.42 Å². The number of rotatable bonds is 7. The zero-order valence-electron chi connectivity index (χ0n) is 12.3. The van der Waals surface area contributed by atoms with Crippen molar-refractivity contribution in [2.24, 2.45) is 5.73 Å². The van der Waals surface area contributed by atoms with Gasteiger partial charge in [0.05, 0.1) is 12.5 Å². The molecule has 0 fully saturated rings. The molecule has 0 aliphatic rings. The standard InChI is InChI=1S/C11H19N3O7S/c1-5(12)9(16)13-6(2)10(17)14-8(15)4-7(11(18)19)22(3,20)21/h5-7H,4,12H2,1-3H3,(H,13,16)(H,18,19)(H,14,15,17)/t5-,6+,7?/m0/s1. The summed E-state index contributed by atoms with van der Waals surface area (Å²) in [6.07, 6.45) is -0.236. The van der Waals surface area contributed by atoms with E-state index in [-0.39, 0.29) is 0 Å². The summed E-state index contributed by atoms with van der Waals surface area (Å²) >= 11 is 0. The van der Waals surface area contributed by atoms with Crippen LogP contribution < -0.4 is 16.4 Å². The predicted molar refractivity (Wildman–Crippen MR) is 75.3 cm³/mol. The number of hydrogen-bond donors (Lipinski definition) is 4. The Balaban J connectivity index is 4.69.